The second-order valence-electron chi connectivity index (χ2n) is 3.50. The van der Waals surface area contributed by atoms with Crippen LogP contribution in [0.5, 0.6) is 5.75 Å². The average Bonchev–Trinajstić information content (AvgIpc) is 2.17. The van der Waals surface area contributed by atoms with Gasteiger partial charge in [0.05, 0.1) is 6.10 Å². The van der Waals surface area contributed by atoms with Crippen molar-refractivity contribution >= 4 is 5.57 Å². The maximum atomic E-state index is 5.52. The summed E-state index contributed by atoms with van der Waals surface area (Å²) in [5, 5.41) is 0. The van der Waals surface area contributed by atoms with E-state index >= 15 is 0 Å². The minimum absolute atomic E-state index is 0.207. The van der Waals surface area contributed by atoms with Gasteiger partial charge >= 0.3 is 0 Å². The molecule has 76 valence electrons. The van der Waals surface area contributed by atoms with Gasteiger partial charge < -0.3 is 10.5 Å². The molecule has 0 unspecified atom stereocenters. The first kappa shape index (κ1) is 10.8. The fraction of sp³-hybridized carbons (Fsp3) is 0.333. The Labute approximate surface area is 85.4 Å². The van der Waals surface area contributed by atoms with Crippen LogP contribution in [0.3, 0.4) is 0 Å². The van der Waals surface area contributed by atoms with Crippen LogP contribution < -0.4 is 10.5 Å². The third kappa shape index (κ3) is 2.89. The number of nitrogens with two attached hydrogens (primary N) is 1. The summed E-state index contributed by atoms with van der Waals surface area (Å²) in [5.41, 5.74) is 7.51. The Morgan fingerprint density at radius 1 is 1.36 bits per heavy atom. The van der Waals surface area contributed by atoms with Crippen molar-refractivity contribution in [1.82, 2.24) is 0 Å². The molecule has 0 atom stereocenters. The molecule has 0 aliphatic heterocycles. The molecular weight excluding hydrogens is 174 g/mol. The average molecular weight is 191 g/mol. The number of benzene rings is 1. The topological polar surface area (TPSA) is 35.2 Å². The molecule has 1 aromatic rings. The summed E-state index contributed by atoms with van der Waals surface area (Å²) in [6.07, 6.45) is 0.207. The lowest BCUT2D eigenvalue weighted by Gasteiger charge is -2.10. The lowest BCUT2D eigenvalue weighted by Crippen LogP contribution is -2.05. The van der Waals surface area contributed by atoms with Gasteiger partial charge in [-0.15, -0.1) is 0 Å². The third-order valence-corrected chi connectivity index (χ3v) is 1.88. The first-order valence-corrected chi connectivity index (χ1v) is 4.78. The quantitative estimate of drug-likeness (QED) is 0.793. The predicted octanol–water partition coefficient (Wildman–Crippen LogP) is 2.45. The van der Waals surface area contributed by atoms with Crippen LogP contribution in [-0.2, 0) is 0 Å². The predicted molar refractivity (Wildman–Crippen MR) is 60.3 cm³/mol. The monoisotopic (exact) mass is 191 g/mol. The molecule has 0 fully saturated rings. The van der Waals surface area contributed by atoms with Gasteiger partial charge in [-0.2, -0.15) is 0 Å². The third-order valence-electron chi connectivity index (χ3n) is 1.88. The number of hydrogen-bond acceptors (Lipinski definition) is 2. The van der Waals surface area contributed by atoms with Gasteiger partial charge in [0, 0.05) is 6.54 Å². The molecule has 2 heteroatoms. The summed E-state index contributed by atoms with van der Waals surface area (Å²) >= 11 is 0. The van der Waals surface area contributed by atoms with Gasteiger partial charge in [0.1, 0.15) is 5.75 Å². The first-order chi connectivity index (χ1) is 6.63. The second kappa shape index (κ2) is 4.82. The lowest BCUT2D eigenvalue weighted by molar-refractivity contribution is 0.242. The van der Waals surface area contributed by atoms with Gasteiger partial charge in [0.15, 0.2) is 0 Å². The highest BCUT2D eigenvalue weighted by Crippen LogP contribution is 2.17. The molecule has 1 aromatic carbocycles. The summed E-state index contributed by atoms with van der Waals surface area (Å²) in [6, 6.07) is 7.84. The van der Waals surface area contributed by atoms with Crippen LogP contribution in [0.2, 0.25) is 0 Å². The largest absolute Gasteiger partial charge is 0.491 e. The normalized spacial score (nSPS) is 10.3. The van der Waals surface area contributed by atoms with E-state index in [-0.39, 0.29) is 6.10 Å². The van der Waals surface area contributed by atoms with Gasteiger partial charge in [0.2, 0.25) is 0 Å². The highest BCUT2D eigenvalue weighted by atomic mass is 16.5. The van der Waals surface area contributed by atoms with Gasteiger partial charge in [-0.05, 0) is 37.1 Å². The Morgan fingerprint density at radius 2 is 1.93 bits per heavy atom. The zero-order chi connectivity index (χ0) is 10.6. The number of hydrogen-bond donors (Lipinski definition) is 1. The molecule has 0 radical (unpaired) electrons. The van der Waals surface area contributed by atoms with Crippen molar-refractivity contribution in [2.45, 2.75) is 20.0 Å². The second-order valence-corrected chi connectivity index (χ2v) is 3.50. The van der Waals surface area contributed by atoms with Crippen molar-refractivity contribution in [2.24, 2.45) is 5.73 Å². The summed E-state index contributed by atoms with van der Waals surface area (Å²) in [7, 11) is 0. The maximum absolute atomic E-state index is 5.52. The Hall–Kier alpha value is -1.28. The van der Waals surface area contributed by atoms with Crippen molar-refractivity contribution < 1.29 is 4.74 Å². The molecule has 0 amide bonds. The van der Waals surface area contributed by atoms with Crippen LogP contribution in [0.1, 0.15) is 19.4 Å². The van der Waals surface area contributed by atoms with Crippen LogP contribution in [0.15, 0.2) is 30.8 Å². The van der Waals surface area contributed by atoms with Gasteiger partial charge in [-0.1, -0.05) is 18.7 Å². The van der Waals surface area contributed by atoms with Crippen molar-refractivity contribution in [3.63, 3.8) is 0 Å². The molecule has 0 aliphatic rings. The van der Waals surface area contributed by atoms with E-state index in [0.29, 0.717) is 6.54 Å². The Morgan fingerprint density at radius 3 is 2.36 bits per heavy atom. The molecule has 2 nitrogen and oxygen atoms in total. The molecule has 0 spiro atoms. The molecular formula is C12H17NO. The van der Waals surface area contributed by atoms with Crippen molar-refractivity contribution in [3.8, 4) is 5.75 Å². The molecule has 1 rings (SSSR count). The molecule has 0 saturated carbocycles. The summed E-state index contributed by atoms with van der Waals surface area (Å²) in [6.45, 7) is 8.37. The first-order valence-electron chi connectivity index (χ1n) is 4.78. The van der Waals surface area contributed by atoms with Crippen LogP contribution in [0, 0.1) is 0 Å². The van der Waals surface area contributed by atoms with E-state index < -0.39 is 0 Å². The van der Waals surface area contributed by atoms with E-state index in [9.17, 15) is 0 Å². The van der Waals surface area contributed by atoms with E-state index in [2.05, 4.69) is 6.58 Å². The summed E-state index contributed by atoms with van der Waals surface area (Å²) < 4.78 is 5.52. The van der Waals surface area contributed by atoms with E-state index in [1.165, 1.54) is 0 Å². The fourth-order valence-electron chi connectivity index (χ4n) is 1.16. The zero-order valence-electron chi connectivity index (χ0n) is 8.79. The Kier molecular flexibility index (Phi) is 3.72. The SMILES string of the molecule is C=C(CN)c1ccc(OC(C)C)cc1. The van der Waals surface area contributed by atoms with Crippen molar-refractivity contribution in [1.29, 1.82) is 0 Å². The van der Waals surface area contributed by atoms with Crippen LogP contribution in [0.4, 0.5) is 0 Å². The minimum atomic E-state index is 0.207. The molecule has 2 N–H and O–H groups in total. The Balaban J connectivity index is 2.73. The van der Waals surface area contributed by atoms with Crippen LogP contribution in [-0.4, -0.2) is 12.6 Å². The Bertz CT molecular complexity index is 301. The van der Waals surface area contributed by atoms with E-state index in [1.807, 2.05) is 38.1 Å². The van der Waals surface area contributed by atoms with E-state index in [1.54, 1.807) is 0 Å². The maximum Gasteiger partial charge on any atom is 0.119 e. The molecule has 0 aromatic heterocycles. The van der Waals surface area contributed by atoms with Crippen LogP contribution >= 0.6 is 0 Å². The highest BCUT2D eigenvalue weighted by Gasteiger charge is 1.99. The van der Waals surface area contributed by atoms with Gasteiger partial charge in [0.25, 0.3) is 0 Å². The number of rotatable bonds is 4. The van der Waals surface area contributed by atoms with E-state index in [4.69, 9.17) is 10.5 Å². The van der Waals surface area contributed by atoms with E-state index in [0.717, 1.165) is 16.9 Å². The summed E-state index contributed by atoms with van der Waals surface area (Å²) in [4.78, 5) is 0. The van der Waals surface area contributed by atoms with Gasteiger partial charge in [-0.25, -0.2) is 0 Å². The molecule has 0 bridgehead atoms. The molecule has 0 heterocycles. The number of ether oxygens (including phenoxy) is 1. The molecule has 0 saturated heterocycles. The van der Waals surface area contributed by atoms with Crippen molar-refractivity contribution in [3.05, 3.63) is 36.4 Å². The standard InChI is InChI=1S/C12H17NO/c1-9(2)14-12-6-4-11(5-7-12)10(3)8-13/h4-7,9H,3,8,13H2,1-2H3. The van der Waals surface area contributed by atoms with Gasteiger partial charge in [-0.3, -0.25) is 0 Å². The molecule has 0 aliphatic carbocycles. The zero-order valence-corrected chi connectivity index (χ0v) is 8.79. The fourth-order valence-corrected chi connectivity index (χ4v) is 1.16. The van der Waals surface area contributed by atoms with Crippen LogP contribution in [0.25, 0.3) is 5.57 Å². The van der Waals surface area contributed by atoms with Crippen molar-refractivity contribution in [2.75, 3.05) is 6.54 Å². The highest BCUT2D eigenvalue weighted by molar-refractivity contribution is 5.64. The summed E-state index contributed by atoms with van der Waals surface area (Å²) in [5.74, 6) is 0.883. The minimum Gasteiger partial charge on any atom is -0.491 e. The molecule has 14 heavy (non-hydrogen) atoms. The lowest BCUT2D eigenvalue weighted by atomic mass is 10.1. The smallest absolute Gasteiger partial charge is 0.119 e.